The van der Waals surface area contributed by atoms with Gasteiger partial charge in [-0.1, -0.05) is 48.9 Å². The minimum Gasteiger partial charge on any atom is -0.481 e. The summed E-state index contributed by atoms with van der Waals surface area (Å²) >= 11 is 0. The van der Waals surface area contributed by atoms with Crippen LogP contribution in [-0.2, 0) is 11.2 Å². The van der Waals surface area contributed by atoms with E-state index < -0.39 is 11.9 Å². The zero-order chi connectivity index (χ0) is 18.4. The monoisotopic (exact) mass is 355 g/mol. The van der Waals surface area contributed by atoms with Gasteiger partial charge in [0.15, 0.2) is 5.82 Å². The molecule has 3 N–H and O–H groups in total. The van der Waals surface area contributed by atoms with Gasteiger partial charge in [-0.05, 0) is 42.5 Å². The Balaban J connectivity index is 1.80. The van der Waals surface area contributed by atoms with Crippen LogP contribution in [0, 0.1) is 5.92 Å². The number of aromatic nitrogens is 4. The molecule has 7 heteroatoms. The Labute approximate surface area is 152 Å². The van der Waals surface area contributed by atoms with E-state index in [4.69, 9.17) is 0 Å². The molecular weight excluding hydrogens is 330 g/mol. The van der Waals surface area contributed by atoms with E-state index in [0.717, 1.165) is 31.5 Å². The SMILES string of the molecule is CCC[C@H](C(=O)O)[C@H](Cc1ccc(C2=CCCNC2)cc1)c1nn[nH]n1. The summed E-state index contributed by atoms with van der Waals surface area (Å²) in [7, 11) is 0. The molecule has 0 radical (unpaired) electrons. The van der Waals surface area contributed by atoms with E-state index in [9.17, 15) is 9.90 Å². The minimum atomic E-state index is -0.809. The maximum Gasteiger partial charge on any atom is 0.307 e. The van der Waals surface area contributed by atoms with E-state index in [1.54, 1.807) is 0 Å². The van der Waals surface area contributed by atoms with Gasteiger partial charge < -0.3 is 10.4 Å². The van der Waals surface area contributed by atoms with Gasteiger partial charge in [0.2, 0.25) is 0 Å². The molecule has 3 rings (SSSR count). The molecule has 0 fully saturated rings. The average molecular weight is 355 g/mol. The number of carboxylic acid groups (broad SMARTS) is 1. The lowest BCUT2D eigenvalue weighted by atomic mass is 9.83. The predicted octanol–water partition coefficient (Wildman–Crippen LogP) is 2.40. The fourth-order valence-corrected chi connectivity index (χ4v) is 3.52. The van der Waals surface area contributed by atoms with E-state index in [-0.39, 0.29) is 5.92 Å². The Morgan fingerprint density at radius 1 is 1.31 bits per heavy atom. The quantitative estimate of drug-likeness (QED) is 0.672. The fraction of sp³-hybridized carbons (Fsp3) is 0.474. The number of hydrogen-bond donors (Lipinski definition) is 3. The molecule has 2 aromatic rings. The summed E-state index contributed by atoms with van der Waals surface area (Å²) in [5, 5.41) is 27.2. The molecular formula is C19H25N5O2. The van der Waals surface area contributed by atoms with Crippen LogP contribution in [0.4, 0.5) is 0 Å². The standard InChI is InChI=1S/C19H25N5O2/c1-2-4-16(19(25)26)17(18-21-23-24-22-18)11-13-6-8-14(9-7-13)15-5-3-10-20-12-15/h5-9,16-17,20H,2-4,10-12H2,1H3,(H,25,26)(H,21,22,23,24)/t16-,17-/m0/s1. The number of aliphatic carboxylic acids is 1. The largest absolute Gasteiger partial charge is 0.481 e. The Hall–Kier alpha value is -2.54. The maximum absolute atomic E-state index is 11.8. The first-order valence-electron chi connectivity index (χ1n) is 9.14. The van der Waals surface area contributed by atoms with E-state index in [2.05, 4.69) is 56.3 Å². The molecule has 0 unspecified atom stereocenters. The Bertz CT molecular complexity index is 740. The fourth-order valence-electron chi connectivity index (χ4n) is 3.52. The summed E-state index contributed by atoms with van der Waals surface area (Å²) in [6.45, 7) is 3.91. The van der Waals surface area contributed by atoms with Crippen LogP contribution in [0.1, 0.15) is 49.1 Å². The second kappa shape index (κ2) is 8.71. The number of rotatable bonds is 8. The Kier molecular flexibility index (Phi) is 6.12. The highest BCUT2D eigenvalue weighted by Gasteiger charge is 2.31. The molecule has 0 saturated carbocycles. The van der Waals surface area contributed by atoms with E-state index >= 15 is 0 Å². The lowest BCUT2D eigenvalue weighted by Gasteiger charge is -2.21. The van der Waals surface area contributed by atoms with E-state index in [0.29, 0.717) is 18.7 Å². The number of aromatic amines is 1. The molecule has 1 aliphatic rings. The van der Waals surface area contributed by atoms with Gasteiger partial charge in [-0.3, -0.25) is 4.79 Å². The summed E-state index contributed by atoms with van der Waals surface area (Å²) in [6.07, 6.45) is 5.29. The van der Waals surface area contributed by atoms with Gasteiger partial charge in [-0.15, -0.1) is 10.2 Å². The summed E-state index contributed by atoms with van der Waals surface area (Å²) in [5.41, 5.74) is 3.60. The van der Waals surface area contributed by atoms with Gasteiger partial charge in [0, 0.05) is 12.5 Å². The van der Waals surface area contributed by atoms with Crippen molar-refractivity contribution in [3.05, 3.63) is 47.3 Å². The topological polar surface area (TPSA) is 104 Å². The second-order valence-electron chi connectivity index (χ2n) is 6.71. The third-order valence-electron chi connectivity index (χ3n) is 4.90. The molecule has 0 saturated heterocycles. The van der Waals surface area contributed by atoms with Crippen molar-refractivity contribution in [1.29, 1.82) is 0 Å². The lowest BCUT2D eigenvalue weighted by molar-refractivity contribution is -0.142. The second-order valence-corrected chi connectivity index (χ2v) is 6.71. The first-order valence-corrected chi connectivity index (χ1v) is 9.14. The van der Waals surface area contributed by atoms with Crippen molar-refractivity contribution < 1.29 is 9.90 Å². The van der Waals surface area contributed by atoms with Crippen molar-refractivity contribution in [2.45, 2.75) is 38.5 Å². The Morgan fingerprint density at radius 3 is 2.69 bits per heavy atom. The first-order chi connectivity index (χ1) is 12.7. The van der Waals surface area contributed by atoms with Crippen LogP contribution in [0.5, 0.6) is 0 Å². The number of nitrogens with one attached hydrogen (secondary N) is 2. The Morgan fingerprint density at radius 2 is 2.12 bits per heavy atom. The van der Waals surface area contributed by atoms with Crippen molar-refractivity contribution in [3.8, 4) is 0 Å². The van der Waals surface area contributed by atoms with Crippen molar-refractivity contribution in [2.24, 2.45) is 5.92 Å². The van der Waals surface area contributed by atoms with Crippen molar-refractivity contribution in [2.75, 3.05) is 13.1 Å². The van der Waals surface area contributed by atoms with Crippen molar-refractivity contribution >= 4 is 11.5 Å². The van der Waals surface area contributed by atoms with Crippen LogP contribution in [0.3, 0.4) is 0 Å². The predicted molar refractivity (Wildman–Crippen MR) is 98.6 cm³/mol. The van der Waals surface area contributed by atoms with Crippen molar-refractivity contribution in [1.82, 2.24) is 25.9 Å². The number of carbonyl (C=O) groups is 1. The number of benzene rings is 1. The van der Waals surface area contributed by atoms with Gasteiger partial charge in [0.05, 0.1) is 5.92 Å². The zero-order valence-corrected chi connectivity index (χ0v) is 15.0. The van der Waals surface area contributed by atoms with Crippen LogP contribution in [-0.4, -0.2) is 44.8 Å². The highest BCUT2D eigenvalue weighted by Crippen LogP contribution is 2.30. The van der Waals surface area contributed by atoms with Gasteiger partial charge in [-0.25, -0.2) is 0 Å². The van der Waals surface area contributed by atoms with E-state index in [1.165, 1.54) is 11.1 Å². The smallest absolute Gasteiger partial charge is 0.307 e. The summed E-state index contributed by atoms with van der Waals surface area (Å²) in [5.74, 6) is -1.17. The first kappa shape index (κ1) is 18.3. The summed E-state index contributed by atoms with van der Waals surface area (Å²) in [6, 6.07) is 8.36. The van der Waals surface area contributed by atoms with Crippen LogP contribution in [0.25, 0.3) is 5.57 Å². The third-order valence-corrected chi connectivity index (χ3v) is 4.90. The number of nitrogens with zero attached hydrogens (tertiary/aromatic N) is 3. The molecule has 1 aromatic carbocycles. The number of carboxylic acids is 1. The van der Waals surface area contributed by atoms with Crippen LogP contribution in [0.15, 0.2) is 30.3 Å². The summed E-state index contributed by atoms with van der Waals surface area (Å²) < 4.78 is 0. The van der Waals surface area contributed by atoms with Gasteiger partial charge in [-0.2, -0.15) is 5.21 Å². The van der Waals surface area contributed by atoms with Crippen molar-refractivity contribution in [3.63, 3.8) is 0 Å². The summed E-state index contributed by atoms with van der Waals surface area (Å²) in [4.78, 5) is 11.8. The molecule has 0 aliphatic carbocycles. The molecule has 0 spiro atoms. The number of H-pyrrole nitrogens is 1. The number of hydrogen-bond acceptors (Lipinski definition) is 5. The number of tetrazole rings is 1. The normalized spacial score (nSPS) is 16.7. The highest BCUT2D eigenvalue weighted by atomic mass is 16.4. The van der Waals surface area contributed by atoms with Gasteiger partial charge in [0.25, 0.3) is 0 Å². The zero-order valence-electron chi connectivity index (χ0n) is 15.0. The molecule has 0 bridgehead atoms. The molecule has 0 amide bonds. The average Bonchev–Trinajstić information content (AvgIpc) is 3.20. The molecule has 1 aliphatic heterocycles. The van der Waals surface area contributed by atoms with Crippen LogP contribution < -0.4 is 5.32 Å². The highest BCUT2D eigenvalue weighted by molar-refractivity contribution is 5.71. The lowest BCUT2D eigenvalue weighted by Crippen LogP contribution is -2.25. The molecule has 7 nitrogen and oxygen atoms in total. The molecule has 1 aromatic heterocycles. The maximum atomic E-state index is 11.8. The van der Waals surface area contributed by atoms with Gasteiger partial charge >= 0.3 is 5.97 Å². The molecule has 26 heavy (non-hydrogen) atoms. The molecule has 2 heterocycles. The van der Waals surface area contributed by atoms with Crippen LogP contribution in [0.2, 0.25) is 0 Å². The molecule has 2 atom stereocenters. The minimum absolute atomic E-state index is 0.299. The van der Waals surface area contributed by atoms with Crippen LogP contribution >= 0.6 is 0 Å². The van der Waals surface area contributed by atoms with E-state index in [1.807, 2.05) is 6.92 Å². The third kappa shape index (κ3) is 4.35. The molecule has 138 valence electrons. The van der Waals surface area contributed by atoms with Gasteiger partial charge in [0.1, 0.15) is 0 Å².